The lowest BCUT2D eigenvalue weighted by molar-refractivity contribution is 0.102. The van der Waals surface area contributed by atoms with Crippen molar-refractivity contribution >= 4 is 53.8 Å². The van der Waals surface area contributed by atoms with Crippen LogP contribution in [0.15, 0.2) is 53.4 Å². The second-order valence-corrected chi connectivity index (χ2v) is 14.2. The molecule has 9 heteroatoms. The summed E-state index contributed by atoms with van der Waals surface area (Å²) in [5.74, 6) is -0.237. The number of aryl methyl sites for hydroxylation is 1. The van der Waals surface area contributed by atoms with Crippen molar-refractivity contribution in [3.63, 3.8) is 0 Å². The molecule has 4 aromatic rings. The zero-order valence-corrected chi connectivity index (χ0v) is 23.9. The van der Waals surface area contributed by atoms with Crippen LogP contribution >= 0.6 is 22.7 Å². The summed E-state index contributed by atoms with van der Waals surface area (Å²) in [7, 11) is -3.58. The normalized spacial score (nSPS) is 18.7. The van der Waals surface area contributed by atoms with Gasteiger partial charge in [-0.25, -0.2) is 13.4 Å². The molecule has 2 aromatic carbocycles. The second kappa shape index (κ2) is 10.5. The van der Waals surface area contributed by atoms with Crippen molar-refractivity contribution in [2.75, 3.05) is 11.9 Å². The first-order valence-corrected chi connectivity index (χ1v) is 16.4. The summed E-state index contributed by atoms with van der Waals surface area (Å²) in [6.45, 7) is 2.51. The molecule has 1 atom stereocenters. The maximum Gasteiger partial charge on any atom is 0.256 e. The number of anilines is 1. The van der Waals surface area contributed by atoms with Crippen molar-refractivity contribution in [1.29, 1.82) is 0 Å². The summed E-state index contributed by atoms with van der Waals surface area (Å²) in [5, 5.41) is 4.94. The van der Waals surface area contributed by atoms with Gasteiger partial charge in [0.05, 0.1) is 15.1 Å². The monoisotopic (exact) mass is 565 g/mol. The van der Waals surface area contributed by atoms with Gasteiger partial charge in [-0.05, 0) is 87.4 Å². The van der Waals surface area contributed by atoms with Crippen LogP contribution in [0.2, 0.25) is 0 Å². The number of nitrogens with zero attached hydrogens (tertiary/aromatic N) is 2. The Balaban J connectivity index is 1.30. The maximum atomic E-state index is 13.4. The third-order valence-electron chi connectivity index (χ3n) is 7.62. The molecular formula is C29H31N3O3S3. The fourth-order valence-electron chi connectivity index (χ4n) is 5.55. The number of carbonyl (C=O) groups is 1. The molecule has 0 spiro atoms. The quantitative estimate of drug-likeness (QED) is 0.262. The van der Waals surface area contributed by atoms with Crippen LogP contribution in [-0.2, 0) is 22.9 Å². The minimum atomic E-state index is -3.58. The van der Waals surface area contributed by atoms with Gasteiger partial charge in [-0.2, -0.15) is 4.31 Å². The molecule has 0 saturated carbocycles. The summed E-state index contributed by atoms with van der Waals surface area (Å²) in [5.41, 5.74) is 3.78. The average Bonchev–Trinajstić information content (AvgIpc) is 3.41. The minimum Gasteiger partial charge on any atom is -0.313 e. The lowest BCUT2D eigenvalue weighted by atomic mass is 10.1. The van der Waals surface area contributed by atoms with Crippen molar-refractivity contribution in [1.82, 2.24) is 9.29 Å². The van der Waals surface area contributed by atoms with E-state index in [1.54, 1.807) is 51.2 Å². The highest BCUT2D eigenvalue weighted by Gasteiger charge is 2.31. The Labute approximate surface area is 231 Å². The van der Waals surface area contributed by atoms with E-state index in [9.17, 15) is 13.2 Å². The van der Waals surface area contributed by atoms with E-state index in [0.29, 0.717) is 12.1 Å². The first-order valence-electron chi connectivity index (χ1n) is 13.4. The van der Waals surface area contributed by atoms with Gasteiger partial charge in [-0.1, -0.05) is 25.0 Å². The van der Waals surface area contributed by atoms with Gasteiger partial charge in [-0.3, -0.25) is 4.79 Å². The Morgan fingerprint density at radius 1 is 0.974 bits per heavy atom. The van der Waals surface area contributed by atoms with Crippen LogP contribution in [0, 0.1) is 0 Å². The van der Waals surface area contributed by atoms with Crippen LogP contribution in [0.4, 0.5) is 5.00 Å². The second-order valence-electron chi connectivity index (χ2n) is 10.2. The zero-order valence-electron chi connectivity index (χ0n) is 21.4. The number of amides is 1. The van der Waals surface area contributed by atoms with Gasteiger partial charge in [0.2, 0.25) is 10.0 Å². The first kappa shape index (κ1) is 25.7. The number of hydrogen-bond acceptors (Lipinski definition) is 6. The number of benzene rings is 2. The Kier molecular flexibility index (Phi) is 7.11. The standard InChI is InChI=1S/C29H31N3O3S3/c1-19-9-7-8-18-32(19)38(34,35)21-16-14-20(15-17-21)27(33)31-29-26(22-10-3-2-4-12-24(22)36-29)28-30-23-11-5-6-13-25(23)37-28/h5-6,11,13-17,19H,2-4,7-10,12,18H2,1H3,(H,31,33). The van der Waals surface area contributed by atoms with E-state index in [-0.39, 0.29) is 16.8 Å². The molecule has 38 heavy (non-hydrogen) atoms. The molecule has 6 rings (SSSR count). The Morgan fingerprint density at radius 3 is 2.55 bits per heavy atom. The van der Waals surface area contributed by atoms with Crippen molar-refractivity contribution in [3.8, 4) is 10.6 Å². The molecule has 0 radical (unpaired) electrons. The van der Waals surface area contributed by atoms with Gasteiger partial charge >= 0.3 is 0 Å². The van der Waals surface area contributed by atoms with E-state index in [4.69, 9.17) is 4.98 Å². The number of nitrogens with one attached hydrogen (secondary N) is 1. The van der Waals surface area contributed by atoms with E-state index in [0.717, 1.165) is 70.7 Å². The molecule has 1 unspecified atom stereocenters. The third-order valence-corrected chi connectivity index (χ3v) is 11.9. The molecule has 2 aliphatic rings. The highest BCUT2D eigenvalue weighted by molar-refractivity contribution is 7.89. The van der Waals surface area contributed by atoms with Crippen molar-refractivity contribution in [3.05, 3.63) is 64.5 Å². The smallest absolute Gasteiger partial charge is 0.256 e. The highest BCUT2D eigenvalue weighted by atomic mass is 32.2. The summed E-state index contributed by atoms with van der Waals surface area (Å²) < 4.78 is 29.1. The summed E-state index contributed by atoms with van der Waals surface area (Å²) >= 11 is 3.32. The SMILES string of the molecule is CC1CCCCN1S(=O)(=O)c1ccc(C(=O)Nc2sc3c(c2-c2nc4ccccc4s2)CCCCC3)cc1. The molecule has 198 valence electrons. The number of piperidine rings is 1. The Bertz CT molecular complexity index is 1560. The number of aromatic nitrogens is 1. The van der Waals surface area contributed by atoms with Crippen LogP contribution in [0.3, 0.4) is 0 Å². The van der Waals surface area contributed by atoms with Gasteiger partial charge in [-0.15, -0.1) is 22.7 Å². The molecule has 1 N–H and O–H groups in total. The van der Waals surface area contributed by atoms with E-state index in [1.807, 2.05) is 25.1 Å². The van der Waals surface area contributed by atoms with Crippen molar-refractivity contribution in [2.45, 2.75) is 69.2 Å². The van der Waals surface area contributed by atoms with Gasteiger partial charge in [0.1, 0.15) is 10.0 Å². The lowest BCUT2D eigenvalue weighted by Crippen LogP contribution is -2.41. The Morgan fingerprint density at radius 2 is 1.76 bits per heavy atom. The minimum absolute atomic E-state index is 0.00767. The van der Waals surface area contributed by atoms with Crippen molar-refractivity contribution in [2.24, 2.45) is 0 Å². The number of carbonyl (C=O) groups excluding carboxylic acids is 1. The molecule has 0 bridgehead atoms. The van der Waals surface area contributed by atoms with Crippen LogP contribution < -0.4 is 5.32 Å². The van der Waals surface area contributed by atoms with Crippen LogP contribution in [0.5, 0.6) is 0 Å². The molecule has 1 fully saturated rings. The fraction of sp³-hybridized carbons (Fsp3) is 0.379. The average molecular weight is 566 g/mol. The van der Waals surface area contributed by atoms with E-state index < -0.39 is 10.0 Å². The predicted molar refractivity (Wildman–Crippen MR) is 156 cm³/mol. The van der Waals surface area contributed by atoms with E-state index in [1.165, 1.54) is 16.9 Å². The molecule has 1 amide bonds. The topological polar surface area (TPSA) is 79.4 Å². The van der Waals surface area contributed by atoms with E-state index >= 15 is 0 Å². The number of rotatable bonds is 5. The van der Waals surface area contributed by atoms with Crippen LogP contribution in [0.1, 0.15) is 66.2 Å². The van der Waals surface area contributed by atoms with Crippen LogP contribution in [-0.4, -0.2) is 36.2 Å². The Hall–Kier alpha value is -2.59. The largest absolute Gasteiger partial charge is 0.313 e. The first-order chi connectivity index (χ1) is 18.4. The number of thiazole rings is 1. The lowest BCUT2D eigenvalue weighted by Gasteiger charge is -2.32. The fourth-order valence-corrected chi connectivity index (χ4v) is 9.65. The number of para-hydroxylation sites is 1. The van der Waals surface area contributed by atoms with E-state index in [2.05, 4.69) is 11.4 Å². The molecule has 6 nitrogen and oxygen atoms in total. The molecular weight excluding hydrogens is 535 g/mol. The van der Waals surface area contributed by atoms with Gasteiger partial charge in [0, 0.05) is 28.6 Å². The third kappa shape index (κ3) is 4.81. The molecule has 2 aromatic heterocycles. The number of hydrogen-bond donors (Lipinski definition) is 1. The zero-order chi connectivity index (χ0) is 26.3. The molecule has 1 aliphatic heterocycles. The molecule has 3 heterocycles. The van der Waals surface area contributed by atoms with Gasteiger partial charge in [0.15, 0.2) is 0 Å². The molecule has 1 saturated heterocycles. The molecule has 1 aliphatic carbocycles. The van der Waals surface area contributed by atoms with Gasteiger partial charge in [0.25, 0.3) is 5.91 Å². The maximum absolute atomic E-state index is 13.4. The summed E-state index contributed by atoms with van der Waals surface area (Å²) in [6, 6.07) is 14.5. The number of thiophene rings is 1. The number of fused-ring (bicyclic) bond motifs is 2. The predicted octanol–water partition coefficient (Wildman–Crippen LogP) is 7.11. The number of sulfonamides is 1. The van der Waals surface area contributed by atoms with Crippen molar-refractivity contribution < 1.29 is 13.2 Å². The summed E-state index contributed by atoms with van der Waals surface area (Å²) in [4.78, 5) is 19.9. The highest BCUT2D eigenvalue weighted by Crippen LogP contribution is 2.46. The van der Waals surface area contributed by atoms with Crippen LogP contribution in [0.25, 0.3) is 20.8 Å². The van der Waals surface area contributed by atoms with Gasteiger partial charge < -0.3 is 5.32 Å². The summed E-state index contributed by atoms with van der Waals surface area (Å²) in [6.07, 6.45) is 8.34.